The number of nitrogens with zero attached hydrogens (tertiary/aromatic N) is 3. The highest BCUT2D eigenvalue weighted by Crippen LogP contribution is 2.28. The molecule has 0 aliphatic carbocycles. The van der Waals surface area contributed by atoms with Gasteiger partial charge in [-0.2, -0.15) is 0 Å². The Kier molecular flexibility index (Phi) is 6.77. The summed E-state index contributed by atoms with van der Waals surface area (Å²) in [6.07, 6.45) is 4.95. The second kappa shape index (κ2) is 10.1. The third kappa shape index (κ3) is 5.01. The summed E-state index contributed by atoms with van der Waals surface area (Å²) in [5.74, 6) is 0.284. The van der Waals surface area contributed by atoms with Crippen molar-refractivity contribution in [3.63, 3.8) is 0 Å². The highest BCUT2D eigenvalue weighted by Gasteiger charge is 2.19. The molecule has 0 aliphatic rings. The average Bonchev–Trinajstić information content (AvgIpc) is 2.86. The number of methoxy groups -OCH3 is 2. The van der Waals surface area contributed by atoms with E-state index in [1.165, 1.54) is 12.1 Å². The first-order valence-electron chi connectivity index (χ1n) is 10.5. The lowest BCUT2D eigenvalue weighted by atomic mass is 10.1. The van der Waals surface area contributed by atoms with E-state index in [4.69, 9.17) is 9.47 Å². The number of ether oxygens (including phenoxy) is 2. The molecule has 8 heteroatoms. The van der Waals surface area contributed by atoms with E-state index in [2.05, 4.69) is 20.3 Å². The third-order valence-electron chi connectivity index (χ3n) is 5.16. The molecule has 0 aliphatic heterocycles. The monoisotopic (exact) mass is 458 g/mol. The number of carbonyl (C=O) groups excluding carboxylic acids is 1. The van der Waals surface area contributed by atoms with Crippen molar-refractivity contribution in [2.24, 2.45) is 0 Å². The third-order valence-corrected chi connectivity index (χ3v) is 5.16. The maximum Gasteiger partial charge on any atom is 0.272 e. The van der Waals surface area contributed by atoms with Gasteiger partial charge in [0.2, 0.25) is 0 Å². The lowest BCUT2D eigenvalue weighted by Crippen LogP contribution is -2.25. The van der Waals surface area contributed by atoms with Crippen molar-refractivity contribution in [2.75, 3.05) is 14.2 Å². The predicted molar refractivity (Wildman–Crippen MR) is 126 cm³/mol. The Hall–Kier alpha value is -4.33. The zero-order valence-corrected chi connectivity index (χ0v) is 19.0. The molecule has 2 heterocycles. The van der Waals surface area contributed by atoms with Crippen molar-refractivity contribution in [3.05, 3.63) is 89.8 Å². The van der Waals surface area contributed by atoms with E-state index in [1.54, 1.807) is 57.1 Å². The molecule has 0 fully saturated rings. The number of carbonyl (C=O) groups is 1. The summed E-state index contributed by atoms with van der Waals surface area (Å²) >= 11 is 0. The molecule has 34 heavy (non-hydrogen) atoms. The van der Waals surface area contributed by atoms with Crippen molar-refractivity contribution in [3.8, 4) is 34.0 Å². The van der Waals surface area contributed by atoms with E-state index in [0.29, 0.717) is 22.8 Å². The molecule has 4 rings (SSSR count). The quantitative estimate of drug-likeness (QED) is 0.436. The van der Waals surface area contributed by atoms with E-state index in [0.717, 1.165) is 16.7 Å². The number of hydrogen-bond donors (Lipinski definition) is 1. The average molecular weight is 458 g/mol. The van der Waals surface area contributed by atoms with Crippen LogP contribution < -0.4 is 14.8 Å². The fraction of sp³-hybridized carbons (Fsp3) is 0.154. The van der Waals surface area contributed by atoms with Gasteiger partial charge in [-0.05, 0) is 48.4 Å². The molecule has 0 atom stereocenters. The molecule has 7 nitrogen and oxygen atoms in total. The number of rotatable bonds is 7. The summed E-state index contributed by atoms with van der Waals surface area (Å²) in [5.41, 5.74) is 3.81. The highest BCUT2D eigenvalue weighted by atomic mass is 19.1. The molecular weight excluding hydrogens is 435 g/mol. The van der Waals surface area contributed by atoms with Gasteiger partial charge in [0.05, 0.1) is 26.1 Å². The molecule has 172 valence electrons. The van der Waals surface area contributed by atoms with Crippen LogP contribution in [0.1, 0.15) is 21.6 Å². The van der Waals surface area contributed by atoms with Crippen molar-refractivity contribution >= 4 is 5.91 Å². The van der Waals surface area contributed by atoms with Crippen molar-refractivity contribution in [1.82, 2.24) is 20.3 Å². The number of amides is 1. The molecule has 0 unspecified atom stereocenters. The van der Waals surface area contributed by atoms with Crippen LogP contribution in [0.25, 0.3) is 22.5 Å². The Morgan fingerprint density at radius 1 is 0.971 bits per heavy atom. The van der Waals surface area contributed by atoms with E-state index in [1.807, 2.05) is 19.1 Å². The maximum atomic E-state index is 13.9. The van der Waals surface area contributed by atoms with Gasteiger partial charge in [0, 0.05) is 30.1 Å². The zero-order valence-electron chi connectivity index (χ0n) is 19.0. The van der Waals surface area contributed by atoms with E-state index in [-0.39, 0.29) is 17.9 Å². The largest absolute Gasteiger partial charge is 0.493 e. The van der Waals surface area contributed by atoms with Crippen molar-refractivity contribution in [1.29, 1.82) is 0 Å². The smallest absolute Gasteiger partial charge is 0.272 e. The standard InChI is InChI=1S/C26H23FN4O3/c1-16-9-19(14-28-12-16)21-15-29-24(18-5-4-6-20(27)11-18)25(31-21)26(32)30-13-17-7-8-22(33-2)23(10-17)34-3/h4-12,14-15H,13H2,1-3H3,(H,30,32). The second-order valence-electron chi connectivity index (χ2n) is 7.59. The van der Waals surface area contributed by atoms with E-state index in [9.17, 15) is 9.18 Å². The van der Waals surface area contributed by atoms with Gasteiger partial charge < -0.3 is 14.8 Å². The maximum absolute atomic E-state index is 13.9. The number of nitrogens with one attached hydrogen (secondary N) is 1. The fourth-order valence-corrected chi connectivity index (χ4v) is 3.49. The van der Waals surface area contributed by atoms with Gasteiger partial charge >= 0.3 is 0 Å². The normalized spacial score (nSPS) is 10.6. The highest BCUT2D eigenvalue weighted by molar-refractivity contribution is 5.98. The first kappa shape index (κ1) is 22.8. The van der Waals surface area contributed by atoms with Crippen molar-refractivity contribution < 1.29 is 18.7 Å². The van der Waals surface area contributed by atoms with Crippen LogP contribution in [-0.4, -0.2) is 35.1 Å². The number of halogens is 1. The number of aryl methyl sites for hydroxylation is 1. The topological polar surface area (TPSA) is 86.2 Å². The first-order chi connectivity index (χ1) is 16.5. The molecule has 4 aromatic rings. The molecular formula is C26H23FN4O3. The Bertz CT molecular complexity index is 1340. The van der Waals surface area contributed by atoms with Crippen molar-refractivity contribution in [2.45, 2.75) is 13.5 Å². The molecule has 0 spiro atoms. The molecule has 1 amide bonds. The predicted octanol–water partition coefficient (Wildman–Crippen LogP) is 4.60. The minimum atomic E-state index is -0.441. The summed E-state index contributed by atoms with van der Waals surface area (Å²) < 4.78 is 24.5. The lowest BCUT2D eigenvalue weighted by Gasteiger charge is -2.13. The molecule has 0 saturated heterocycles. The summed E-state index contributed by atoms with van der Waals surface area (Å²) in [6.45, 7) is 2.14. The Morgan fingerprint density at radius 2 is 1.79 bits per heavy atom. The van der Waals surface area contributed by atoms with Gasteiger partial charge in [-0.3, -0.25) is 14.8 Å². The van der Waals surface area contributed by atoms with Crippen LogP contribution >= 0.6 is 0 Å². The molecule has 0 bridgehead atoms. The van der Waals surface area contributed by atoms with E-state index < -0.39 is 11.7 Å². The summed E-state index contributed by atoms with van der Waals surface area (Å²) in [6, 6.07) is 13.2. The van der Waals surface area contributed by atoms with Gasteiger partial charge in [-0.25, -0.2) is 9.37 Å². The summed E-state index contributed by atoms with van der Waals surface area (Å²) in [5, 5.41) is 2.87. The number of aromatic nitrogens is 3. The summed E-state index contributed by atoms with van der Waals surface area (Å²) in [7, 11) is 3.11. The Labute approximate surface area is 196 Å². The van der Waals surface area contributed by atoms with Crippen LogP contribution in [0, 0.1) is 12.7 Å². The van der Waals surface area contributed by atoms with Gasteiger partial charge in [0.1, 0.15) is 11.5 Å². The van der Waals surface area contributed by atoms with Gasteiger partial charge in [0.15, 0.2) is 17.2 Å². The fourth-order valence-electron chi connectivity index (χ4n) is 3.49. The second-order valence-corrected chi connectivity index (χ2v) is 7.59. The Morgan fingerprint density at radius 3 is 2.53 bits per heavy atom. The van der Waals surface area contributed by atoms with Crippen LogP contribution in [0.5, 0.6) is 11.5 Å². The SMILES string of the molecule is COc1ccc(CNC(=O)c2nc(-c3cncc(C)c3)cnc2-c2cccc(F)c2)cc1OC. The molecule has 0 saturated carbocycles. The van der Waals surface area contributed by atoms with Crippen LogP contribution in [-0.2, 0) is 6.54 Å². The molecule has 2 aromatic carbocycles. The first-order valence-corrected chi connectivity index (χ1v) is 10.5. The van der Waals surface area contributed by atoms with E-state index >= 15 is 0 Å². The van der Waals surface area contributed by atoms with Gasteiger partial charge in [0.25, 0.3) is 5.91 Å². The molecule has 0 radical (unpaired) electrons. The number of hydrogen-bond acceptors (Lipinski definition) is 6. The minimum Gasteiger partial charge on any atom is -0.493 e. The summed E-state index contributed by atoms with van der Waals surface area (Å²) in [4.78, 5) is 26.5. The number of benzene rings is 2. The van der Waals surface area contributed by atoms with Gasteiger partial charge in [-0.1, -0.05) is 18.2 Å². The van der Waals surface area contributed by atoms with Gasteiger partial charge in [-0.15, -0.1) is 0 Å². The Balaban J connectivity index is 1.68. The molecule has 2 aromatic heterocycles. The minimum absolute atomic E-state index is 0.0880. The van der Waals surface area contributed by atoms with Crippen LogP contribution in [0.4, 0.5) is 4.39 Å². The molecule has 1 N–H and O–H groups in total. The zero-order chi connectivity index (χ0) is 24.1. The number of pyridine rings is 1. The van der Waals surface area contributed by atoms with Crippen LogP contribution in [0.3, 0.4) is 0 Å². The van der Waals surface area contributed by atoms with Crippen LogP contribution in [0.15, 0.2) is 67.1 Å². The van der Waals surface area contributed by atoms with Crippen LogP contribution in [0.2, 0.25) is 0 Å². The lowest BCUT2D eigenvalue weighted by molar-refractivity contribution is 0.0946.